The van der Waals surface area contributed by atoms with E-state index in [4.69, 9.17) is 9.47 Å². The molecule has 0 aromatic heterocycles. The first-order chi connectivity index (χ1) is 24.6. The monoisotopic (exact) mass is 770 g/mol. The van der Waals surface area contributed by atoms with E-state index in [2.05, 4.69) is 10.6 Å². The topological polar surface area (TPSA) is 184 Å². The summed E-state index contributed by atoms with van der Waals surface area (Å²) in [6.45, 7) is 4.27. The number of nitrogens with zero attached hydrogens (tertiary/aromatic N) is 3. The molecule has 1 aliphatic carbocycles. The lowest BCUT2D eigenvalue weighted by Crippen LogP contribution is -2.59. The van der Waals surface area contributed by atoms with E-state index in [9.17, 15) is 36.8 Å². The van der Waals surface area contributed by atoms with Gasteiger partial charge in [-0.05, 0) is 51.7 Å². The van der Waals surface area contributed by atoms with Crippen molar-refractivity contribution in [1.82, 2.24) is 29.5 Å². The number of amides is 5. The highest BCUT2D eigenvalue weighted by atomic mass is 32.2. The fourth-order valence-corrected chi connectivity index (χ4v) is 7.23. The van der Waals surface area contributed by atoms with Crippen LogP contribution < -0.4 is 15.4 Å². The summed E-state index contributed by atoms with van der Waals surface area (Å²) >= 11 is 0. The highest BCUT2D eigenvalue weighted by Crippen LogP contribution is 2.46. The van der Waals surface area contributed by atoms with Crippen molar-refractivity contribution >= 4 is 40.1 Å². The minimum Gasteiger partial charge on any atom is -0.444 e. The molecular formula is C34H45F3N6O9S. The molecule has 3 heterocycles. The fraction of sp³-hybridized carbons (Fsp3) is 0.618. The molecule has 3 N–H and O–H groups in total. The van der Waals surface area contributed by atoms with Gasteiger partial charge < -0.3 is 25.0 Å². The molecule has 3 aliphatic heterocycles. The maximum absolute atomic E-state index is 15.2. The minimum atomic E-state index is -4.31. The lowest BCUT2D eigenvalue weighted by atomic mass is 10.0. The number of hydrogen-bond donors (Lipinski definition) is 3. The van der Waals surface area contributed by atoms with Crippen LogP contribution in [0.5, 0.6) is 0 Å². The van der Waals surface area contributed by atoms with Gasteiger partial charge in [0.05, 0.1) is 13.1 Å². The van der Waals surface area contributed by atoms with Gasteiger partial charge in [0.25, 0.3) is 5.91 Å². The van der Waals surface area contributed by atoms with Crippen LogP contribution in [0, 0.1) is 11.7 Å². The first kappa shape index (κ1) is 39.8. The Bertz CT molecular complexity index is 1790. The van der Waals surface area contributed by atoms with Gasteiger partial charge in [0.2, 0.25) is 17.7 Å². The van der Waals surface area contributed by atoms with E-state index < -0.39 is 113 Å². The number of hydrogen-bond acceptors (Lipinski definition) is 9. The highest BCUT2D eigenvalue weighted by Gasteiger charge is 2.62. The molecule has 0 bridgehead atoms. The van der Waals surface area contributed by atoms with Crippen LogP contribution in [-0.2, 0) is 47.2 Å². The Morgan fingerprint density at radius 3 is 2.47 bits per heavy atom. The van der Waals surface area contributed by atoms with Gasteiger partial charge in [-0.2, -0.15) is 12.7 Å². The normalized spacial score (nSPS) is 28.0. The second-order valence-corrected chi connectivity index (χ2v) is 16.9. The molecule has 5 amide bonds. The van der Waals surface area contributed by atoms with Gasteiger partial charge in [0, 0.05) is 51.4 Å². The van der Waals surface area contributed by atoms with E-state index >= 15 is 8.78 Å². The Morgan fingerprint density at radius 1 is 1.09 bits per heavy atom. The average molecular weight is 771 g/mol. The molecule has 4 aliphatic rings. The quantitative estimate of drug-likeness (QED) is 0.379. The van der Waals surface area contributed by atoms with E-state index in [1.165, 1.54) is 43.3 Å². The molecule has 0 unspecified atom stereocenters. The van der Waals surface area contributed by atoms with E-state index in [1.54, 1.807) is 26.8 Å². The van der Waals surface area contributed by atoms with Crippen LogP contribution in [0.15, 0.2) is 30.4 Å². The predicted octanol–water partition coefficient (Wildman–Crippen LogP) is 2.70. The van der Waals surface area contributed by atoms with E-state index in [-0.39, 0.29) is 32.4 Å². The smallest absolute Gasteiger partial charge is 0.410 e. The van der Waals surface area contributed by atoms with Crippen LogP contribution in [0.1, 0.15) is 70.4 Å². The number of alkyl carbamates (subject to hydrolysis) is 1. The molecule has 5 atom stereocenters. The number of benzene rings is 1. The summed E-state index contributed by atoms with van der Waals surface area (Å²) < 4.78 is 83.5. The molecule has 1 aromatic rings. The van der Waals surface area contributed by atoms with Gasteiger partial charge in [0.15, 0.2) is 0 Å². The predicted molar refractivity (Wildman–Crippen MR) is 181 cm³/mol. The Balaban J connectivity index is 1.45. The van der Waals surface area contributed by atoms with Crippen molar-refractivity contribution in [3.63, 3.8) is 0 Å². The number of nitrogens with one attached hydrogen (secondary N) is 3. The molecule has 19 heteroatoms. The summed E-state index contributed by atoms with van der Waals surface area (Å²) in [6, 6.07) is 1.38. The van der Waals surface area contributed by atoms with Crippen LogP contribution in [-0.4, -0.2) is 108 Å². The Labute approximate surface area is 305 Å². The van der Waals surface area contributed by atoms with E-state index in [1.807, 2.05) is 4.72 Å². The molecular weight excluding hydrogens is 725 g/mol. The van der Waals surface area contributed by atoms with Crippen molar-refractivity contribution in [3.8, 4) is 0 Å². The Morgan fingerprint density at radius 2 is 1.81 bits per heavy atom. The first-order valence-corrected chi connectivity index (χ1v) is 18.7. The minimum absolute atomic E-state index is 0.0453. The number of carbonyl (C=O) groups is 5. The van der Waals surface area contributed by atoms with Crippen LogP contribution in [0.4, 0.5) is 22.8 Å². The summed E-state index contributed by atoms with van der Waals surface area (Å²) in [5, 5.41) is 4.97. The Hall–Kier alpha value is -4.39. The number of fused-ring (bicyclic) bond motifs is 3. The van der Waals surface area contributed by atoms with Crippen molar-refractivity contribution in [1.29, 1.82) is 0 Å². The summed E-state index contributed by atoms with van der Waals surface area (Å²) in [7, 11) is -1.93. The number of ether oxygens (including phenoxy) is 2. The highest BCUT2D eigenvalue weighted by molar-refractivity contribution is 7.87. The number of carbonyl (C=O) groups excluding carboxylic acids is 5. The molecule has 1 saturated carbocycles. The standard InChI is InChI=1S/C34H45F3N6O9S/c1-32(2,3)52-30(47)38-25-12-14-33(36,37)13-7-6-10-21-16-34(21,29(46)40-53(49,50)41(4)5)39-27(44)26-15-22(18-43(26)28(25)45)51-31(48)42-17-20-9-8-11-24(35)23(20)19-42/h6,8-11,21-22,25-26H,7,12-19H2,1-5H3,(H,38,47)(H,39,44)(H,40,46)/b10-6-/t21-,22-,25+,26+,34-/m1/s1. The van der Waals surface area contributed by atoms with Crippen LogP contribution in [0.2, 0.25) is 0 Å². The second-order valence-electron chi connectivity index (χ2n) is 15.0. The third-order valence-electron chi connectivity index (χ3n) is 9.60. The molecule has 1 saturated heterocycles. The largest absolute Gasteiger partial charge is 0.444 e. The lowest BCUT2D eigenvalue weighted by Gasteiger charge is -2.31. The van der Waals surface area contributed by atoms with Crippen molar-refractivity contribution < 1.29 is 55.0 Å². The van der Waals surface area contributed by atoms with Crippen LogP contribution >= 0.6 is 0 Å². The fourth-order valence-electron chi connectivity index (χ4n) is 6.63. The molecule has 0 spiro atoms. The maximum atomic E-state index is 15.2. The number of halogens is 3. The number of allylic oxidation sites excluding steroid dienone is 1. The maximum Gasteiger partial charge on any atom is 0.410 e. The van der Waals surface area contributed by atoms with Gasteiger partial charge in [0.1, 0.15) is 35.1 Å². The summed E-state index contributed by atoms with van der Waals surface area (Å²) in [5.41, 5.74) is -1.93. The molecule has 292 valence electrons. The number of rotatable bonds is 5. The van der Waals surface area contributed by atoms with Gasteiger partial charge in [-0.1, -0.05) is 24.3 Å². The third-order valence-corrected chi connectivity index (χ3v) is 11.0. The first-order valence-electron chi connectivity index (χ1n) is 17.2. The summed E-state index contributed by atoms with van der Waals surface area (Å²) in [4.78, 5) is 70.2. The van der Waals surface area contributed by atoms with Crippen molar-refractivity contribution in [2.24, 2.45) is 5.92 Å². The van der Waals surface area contributed by atoms with E-state index in [0.717, 1.165) is 9.21 Å². The summed E-state index contributed by atoms with van der Waals surface area (Å²) in [5.74, 6) is -7.49. The summed E-state index contributed by atoms with van der Waals surface area (Å²) in [6.07, 6.45) is -2.70. The molecule has 53 heavy (non-hydrogen) atoms. The zero-order chi connectivity index (χ0) is 39.1. The molecule has 2 fully saturated rings. The zero-order valence-electron chi connectivity index (χ0n) is 30.1. The molecule has 0 radical (unpaired) electrons. The van der Waals surface area contributed by atoms with Gasteiger partial charge in [-0.25, -0.2) is 27.5 Å². The molecule has 5 rings (SSSR count). The van der Waals surface area contributed by atoms with Crippen LogP contribution in [0.3, 0.4) is 0 Å². The number of alkyl halides is 2. The lowest BCUT2D eigenvalue weighted by molar-refractivity contribution is -0.141. The zero-order valence-corrected chi connectivity index (χ0v) is 30.9. The van der Waals surface area contributed by atoms with Crippen molar-refractivity contribution in [2.75, 3.05) is 20.6 Å². The van der Waals surface area contributed by atoms with Gasteiger partial charge in [-0.3, -0.25) is 19.3 Å². The molecule has 15 nitrogen and oxygen atoms in total. The van der Waals surface area contributed by atoms with Crippen LogP contribution in [0.25, 0.3) is 0 Å². The second kappa shape index (κ2) is 14.8. The van der Waals surface area contributed by atoms with Gasteiger partial charge >= 0.3 is 22.4 Å². The third kappa shape index (κ3) is 9.23. The van der Waals surface area contributed by atoms with Gasteiger partial charge in [-0.15, -0.1) is 0 Å². The van der Waals surface area contributed by atoms with E-state index in [0.29, 0.717) is 11.1 Å². The average Bonchev–Trinajstić information content (AvgIpc) is 3.35. The molecule has 1 aromatic carbocycles. The van der Waals surface area contributed by atoms with Crippen molar-refractivity contribution in [2.45, 2.75) is 108 Å². The Kier molecular flexibility index (Phi) is 11.1. The SMILES string of the molecule is CN(C)S(=O)(=O)NC(=O)[C@@]12C[C@H]1/C=C\CCC(F)(F)CC[C@H](NC(=O)OC(C)(C)C)C(=O)N1C[C@H](OC(=O)N3Cc4cccc(F)c4C3)C[C@H]1C(=O)N2. The van der Waals surface area contributed by atoms with Crippen molar-refractivity contribution in [3.05, 3.63) is 47.3 Å².